The molecule has 3 aliphatic heterocycles. The van der Waals surface area contributed by atoms with E-state index in [0.29, 0.717) is 31.3 Å². The van der Waals surface area contributed by atoms with Gasteiger partial charge in [0.2, 0.25) is 29.5 Å². The predicted molar refractivity (Wildman–Crippen MR) is 158 cm³/mol. The monoisotopic (exact) mass is 596 g/mol. The Labute approximate surface area is 251 Å². The van der Waals surface area contributed by atoms with Crippen LogP contribution in [0.2, 0.25) is 0 Å². The van der Waals surface area contributed by atoms with Crippen LogP contribution in [-0.4, -0.2) is 118 Å². The lowest BCUT2D eigenvalue weighted by Gasteiger charge is -2.41. The van der Waals surface area contributed by atoms with E-state index in [1.807, 2.05) is 37.3 Å². The maximum Gasteiger partial charge on any atom is 0.483 e. The van der Waals surface area contributed by atoms with Gasteiger partial charge in [0.05, 0.1) is 12.1 Å². The van der Waals surface area contributed by atoms with Crippen LogP contribution in [0.1, 0.15) is 44.6 Å². The van der Waals surface area contributed by atoms with Gasteiger partial charge < -0.3 is 41.1 Å². The number of carbonyl (C=O) groups excluding carboxylic acids is 5. The molecular weight excluding hydrogens is 555 g/mol. The van der Waals surface area contributed by atoms with Gasteiger partial charge in [-0.2, -0.15) is 0 Å². The van der Waals surface area contributed by atoms with Gasteiger partial charge in [0.1, 0.15) is 12.6 Å². The van der Waals surface area contributed by atoms with E-state index in [1.54, 1.807) is 15.9 Å². The van der Waals surface area contributed by atoms with Crippen molar-refractivity contribution < 1.29 is 34.0 Å². The van der Waals surface area contributed by atoms with Crippen molar-refractivity contribution in [1.29, 1.82) is 0 Å². The van der Waals surface area contributed by atoms with E-state index in [9.17, 15) is 34.0 Å². The second kappa shape index (κ2) is 14.2. The predicted octanol–water partition coefficient (Wildman–Crippen LogP) is -1.67. The van der Waals surface area contributed by atoms with Crippen molar-refractivity contribution in [3.05, 3.63) is 47.4 Å². The van der Waals surface area contributed by atoms with Crippen LogP contribution in [0.15, 0.2) is 41.9 Å². The van der Waals surface area contributed by atoms with E-state index in [1.165, 1.54) is 4.90 Å². The van der Waals surface area contributed by atoms with Gasteiger partial charge >= 0.3 is 7.12 Å². The van der Waals surface area contributed by atoms with Crippen LogP contribution in [0, 0.1) is 0 Å². The fourth-order valence-electron chi connectivity index (χ4n) is 5.79. The van der Waals surface area contributed by atoms with Crippen LogP contribution >= 0.6 is 0 Å². The second-order valence-electron chi connectivity index (χ2n) is 11.6. The second-order valence-corrected chi connectivity index (χ2v) is 11.6. The first-order chi connectivity index (χ1) is 20.5. The lowest BCUT2D eigenvalue weighted by Crippen LogP contribution is -2.62. The van der Waals surface area contributed by atoms with E-state index >= 15 is 0 Å². The first-order valence-electron chi connectivity index (χ1n) is 14.8. The zero-order valence-corrected chi connectivity index (χ0v) is 24.5. The summed E-state index contributed by atoms with van der Waals surface area (Å²) in [7, 11) is -1.53. The maximum absolute atomic E-state index is 13.1. The Bertz CT molecular complexity index is 1230. The highest BCUT2D eigenvalue weighted by molar-refractivity contribution is 6.50. The Morgan fingerprint density at radius 3 is 2.37 bits per heavy atom. The number of rotatable bonds is 10. The summed E-state index contributed by atoms with van der Waals surface area (Å²) in [5, 5.41) is 23.9. The molecule has 14 heteroatoms. The molecule has 3 aliphatic rings. The van der Waals surface area contributed by atoms with Gasteiger partial charge in [-0.05, 0) is 50.1 Å². The molecule has 1 aromatic carbocycles. The number of hydrogen-bond acceptors (Lipinski definition) is 8. The van der Waals surface area contributed by atoms with Gasteiger partial charge in [0, 0.05) is 38.6 Å². The van der Waals surface area contributed by atoms with Gasteiger partial charge in [0.25, 0.3) is 0 Å². The molecule has 2 atom stereocenters. The Balaban J connectivity index is 1.19. The van der Waals surface area contributed by atoms with E-state index in [-0.39, 0.29) is 81.7 Å². The highest BCUT2D eigenvalue weighted by Gasteiger charge is 2.43. The number of nitrogens with two attached hydrogens (primary N) is 1. The normalized spacial score (nSPS) is 21.7. The molecule has 6 N–H and O–H groups in total. The molecule has 43 heavy (non-hydrogen) atoms. The van der Waals surface area contributed by atoms with Gasteiger partial charge in [-0.1, -0.05) is 36.4 Å². The Morgan fingerprint density at radius 1 is 1.05 bits per heavy atom. The highest BCUT2D eigenvalue weighted by atomic mass is 16.4. The van der Waals surface area contributed by atoms with Crippen LogP contribution in [0.25, 0.3) is 0 Å². The fourth-order valence-corrected chi connectivity index (χ4v) is 5.79. The van der Waals surface area contributed by atoms with Gasteiger partial charge in [-0.25, -0.2) is 0 Å². The van der Waals surface area contributed by atoms with E-state index in [0.717, 1.165) is 5.56 Å². The molecule has 0 saturated carbocycles. The number of likely N-dealkylation sites (tertiary alicyclic amines) is 2. The third kappa shape index (κ3) is 8.21. The molecule has 0 aromatic heterocycles. The van der Waals surface area contributed by atoms with E-state index in [4.69, 9.17) is 5.73 Å². The first-order valence-corrected chi connectivity index (χ1v) is 14.8. The van der Waals surface area contributed by atoms with Crippen LogP contribution in [0.5, 0.6) is 0 Å². The summed E-state index contributed by atoms with van der Waals surface area (Å²) < 4.78 is 0. The van der Waals surface area contributed by atoms with Crippen molar-refractivity contribution >= 4 is 36.7 Å². The number of piperidine rings is 1. The lowest BCUT2D eigenvalue weighted by molar-refractivity contribution is -0.144. The van der Waals surface area contributed by atoms with Crippen LogP contribution < -0.4 is 16.4 Å². The van der Waals surface area contributed by atoms with Gasteiger partial charge in [-0.3, -0.25) is 24.0 Å². The summed E-state index contributed by atoms with van der Waals surface area (Å²) >= 11 is 0. The number of nitrogens with zero attached hydrogens (tertiary/aromatic N) is 3. The molecule has 5 amide bonds. The number of benzene rings is 1. The van der Waals surface area contributed by atoms with Crippen LogP contribution in [0.4, 0.5) is 0 Å². The molecule has 1 aromatic rings. The van der Waals surface area contributed by atoms with Crippen molar-refractivity contribution in [3.63, 3.8) is 0 Å². The molecule has 2 fully saturated rings. The third-order valence-corrected chi connectivity index (χ3v) is 8.56. The van der Waals surface area contributed by atoms with Crippen LogP contribution in [0.3, 0.4) is 0 Å². The first kappa shape index (κ1) is 32.2. The summed E-state index contributed by atoms with van der Waals surface area (Å²) in [5.74, 6) is -1.56. The minimum absolute atomic E-state index is 0.142. The fraction of sp³-hybridized carbons (Fsp3) is 0.552. The van der Waals surface area contributed by atoms with Crippen molar-refractivity contribution in [1.82, 2.24) is 25.3 Å². The number of aryl methyl sites for hydroxylation is 1. The summed E-state index contributed by atoms with van der Waals surface area (Å²) in [4.78, 5) is 68.5. The SMILES string of the molecule is CC1C[C@@H](NC(=O)CNC(=O)CCc2ccccc2)C(=O)N1CC(=O)N1CCC(N)(C(=O)N2CC=C(B(O)O)CC2)CC1. The minimum atomic E-state index is -1.53. The molecule has 0 bridgehead atoms. The zero-order valence-electron chi connectivity index (χ0n) is 24.5. The van der Waals surface area contributed by atoms with Crippen molar-refractivity contribution in [3.8, 4) is 0 Å². The summed E-state index contributed by atoms with van der Waals surface area (Å²) in [5.41, 5.74) is 6.85. The Kier molecular flexibility index (Phi) is 10.6. The summed E-state index contributed by atoms with van der Waals surface area (Å²) in [6.07, 6.45) is 3.68. The Morgan fingerprint density at radius 2 is 1.74 bits per heavy atom. The highest BCUT2D eigenvalue weighted by Crippen LogP contribution is 2.25. The zero-order chi connectivity index (χ0) is 31.1. The third-order valence-electron chi connectivity index (χ3n) is 8.56. The quantitative estimate of drug-likeness (QED) is 0.199. The molecule has 0 spiro atoms. The summed E-state index contributed by atoms with van der Waals surface area (Å²) in [6.45, 7) is 2.57. The van der Waals surface area contributed by atoms with Gasteiger partial charge in [-0.15, -0.1) is 0 Å². The molecule has 1 unspecified atom stereocenters. The molecule has 13 nitrogen and oxygen atoms in total. The Hall–Kier alpha value is -3.75. The largest absolute Gasteiger partial charge is 0.483 e. The molecule has 3 heterocycles. The minimum Gasteiger partial charge on any atom is -0.423 e. The topological polar surface area (TPSA) is 186 Å². The van der Waals surface area contributed by atoms with Crippen molar-refractivity contribution in [2.75, 3.05) is 39.3 Å². The molecular formula is C29H41BN6O7. The molecule has 232 valence electrons. The maximum atomic E-state index is 13.1. The smallest absolute Gasteiger partial charge is 0.423 e. The summed E-state index contributed by atoms with van der Waals surface area (Å²) in [6, 6.07) is 8.51. The molecule has 0 radical (unpaired) electrons. The van der Waals surface area contributed by atoms with Crippen molar-refractivity contribution in [2.45, 2.75) is 63.1 Å². The number of carbonyl (C=O) groups is 5. The number of hydrogen-bond donors (Lipinski definition) is 5. The number of amides is 5. The van der Waals surface area contributed by atoms with Gasteiger partial charge in [0.15, 0.2) is 0 Å². The average molecular weight is 596 g/mol. The standard InChI is InChI=1S/C29H41BN6O7/c1-20-17-23(33-25(38)18-32-24(37)8-7-21-5-3-2-4-6-21)27(40)36(20)19-26(39)34-15-11-29(31,12-16-34)28(41)35-13-9-22(10-14-35)30(42)43/h2-6,9,20,23,42-43H,7-8,10-19,31H2,1H3,(H,32,37)(H,33,38)/t20?,23-/m1/s1. The average Bonchev–Trinajstić information content (AvgIpc) is 3.26. The lowest BCUT2D eigenvalue weighted by atomic mass is 9.75. The van der Waals surface area contributed by atoms with E-state index < -0.39 is 24.6 Å². The van der Waals surface area contributed by atoms with Crippen LogP contribution in [-0.2, 0) is 30.4 Å². The number of nitrogens with one attached hydrogen (secondary N) is 2. The molecule has 0 aliphatic carbocycles. The van der Waals surface area contributed by atoms with E-state index in [2.05, 4.69) is 10.6 Å². The molecule has 4 rings (SSSR count). The van der Waals surface area contributed by atoms with Crippen molar-refractivity contribution in [2.24, 2.45) is 5.73 Å². The molecule has 2 saturated heterocycles.